The predicted octanol–water partition coefficient (Wildman–Crippen LogP) is 3.91. The van der Waals surface area contributed by atoms with Crippen LogP contribution in [0, 0.1) is 0 Å². The molecule has 1 aliphatic rings. The summed E-state index contributed by atoms with van der Waals surface area (Å²) in [6, 6.07) is 4.22. The first kappa shape index (κ1) is 15.6. The molecule has 0 radical (unpaired) electrons. The average Bonchev–Trinajstić information content (AvgIpc) is 3.14. The quantitative estimate of drug-likeness (QED) is 0.846. The van der Waals surface area contributed by atoms with E-state index in [1.165, 1.54) is 19.3 Å². The Morgan fingerprint density at radius 3 is 2.73 bits per heavy atom. The molecule has 22 heavy (non-hydrogen) atoms. The summed E-state index contributed by atoms with van der Waals surface area (Å²) < 4.78 is 7.74. The molecule has 2 aromatic rings. The molecule has 0 amide bonds. The van der Waals surface area contributed by atoms with Gasteiger partial charge in [-0.3, -0.25) is 4.57 Å². The van der Waals surface area contributed by atoms with Gasteiger partial charge in [-0.1, -0.05) is 31.0 Å². The van der Waals surface area contributed by atoms with E-state index in [4.69, 9.17) is 4.42 Å². The molecule has 0 saturated heterocycles. The second-order valence-electron chi connectivity index (χ2n) is 6.55. The smallest absolute Gasteiger partial charge is 0.200 e. The number of rotatable bonds is 5. The van der Waals surface area contributed by atoms with Crippen LogP contribution >= 0.6 is 11.8 Å². The van der Waals surface area contributed by atoms with Crippen LogP contribution in [0.1, 0.15) is 52.0 Å². The maximum Gasteiger partial charge on any atom is 0.200 e. The van der Waals surface area contributed by atoms with Crippen molar-refractivity contribution in [2.45, 2.75) is 62.8 Å². The fourth-order valence-corrected chi connectivity index (χ4v) is 3.81. The lowest BCUT2D eigenvalue weighted by Crippen LogP contribution is -2.22. The van der Waals surface area contributed by atoms with Crippen molar-refractivity contribution >= 4 is 11.8 Å². The number of hydrogen-bond donors (Lipinski definition) is 1. The molecular formula is C16H23N3O2S. The standard InChI is InChI=1S/C16H23N3O2S/c1-16(2,20)11-22-15-18-17-14(13-9-6-10-21-13)19(15)12-7-4-3-5-8-12/h6,9-10,12,20H,3-5,7-8,11H2,1-2H3. The average molecular weight is 321 g/mol. The van der Waals surface area contributed by atoms with Gasteiger partial charge in [0.25, 0.3) is 0 Å². The largest absolute Gasteiger partial charge is 0.461 e. The van der Waals surface area contributed by atoms with Crippen molar-refractivity contribution in [1.29, 1.82) is 0 Å². The van der Waals surface area contributed by atoms with Crippen molar-refractivity contribution in [2.75, 3.05) is 5.75 Å². The molecule has 3 rings (SSSR count). The van der Waals surface area contributed by atoms with E-state index in [0.717, 1.165) is 29.6 Å². The number of aromatic nitrogens is 3. The summed E-state index contributed by atoms with van der Waals surface area (Å²) in [7, 11) is 0. The van der Waals surface area contributed by atoms with Crippen LogP contribution in [0.25, 0.3) is 11.6 Å². The lowest BCUT2D eigenvalue weighted by Gasteiger charge is -2.25. The van der Waals surface area contributed by atoms with Gasteiger partial charge in [0, 0.05) is 11.8 Å². The fraction of sp³-hybridized carbons (Fsp3) is 0.625. The maximum atomic E-state index is 9.97. The van der Waals surface area contributed by atoms with Crippen molar-refractivity contribution in [1.82, 2.24) is 14.8 Å². The summed E-state index contributed by atoms with van der Waals surface area (Å²) in [5.41, 5.74) is -0.723. The van der Waals surface area contributed by atoms with Crippen molar-refractivity contribution in [2.24, 2.45) is 0 Å². The molecule has 2 aromatic heterocycles. The highest BCUT2D eigenvalue weighted by atomic mass is 32.2. The molecule has 1 fully saturated rings. The van der Waals surface area contributed by atoms with E-state index in [9.17, 15) is 5.11 Å². The van der Waals surface area contributed by atoms with E-state index in [0.29, 0.717) is 11.8 Å². The SMILES string of the molecule is CC(C)(O)CSc1nnc(-c2ccco2)n1C1CCCCC1. The van der Waals surface area contributed by atoms with Crippen LogP contribution in [0.5, 0.6) is 0 Å². The number of hydrogen-bond acceptors (Lipinski definition) is 5. The van der Waals surface area contributed by atoms with Gasteiger partial charge in [0.1, 0.15) is 0 Å². The van der Waals surface area contributed by atoms with E-state index in [1.807, 2.05) is 26.0 Å². The zero-order chi connectivity index (χ0) is 15.6. The van der Waals surface area contributed by atoms with Gasteiger partial charge >= 0.3 is 0 Å². The Morgan fingerprint density at radius 2 is 2.09 bits per heavy atom. The Kier molecular flexibility index (Phi) is 4.59. The van der Waals surface area contributed by atoms with Crippen molar-refractivity contribution in [3.63, 3.8) is 0 Å². The predicted molar refractivity (Wildman–Crippen MR) is 86.9 cm³/mol. The molecular weight excluding hydrogens is 298 g/mol. The van der Waals surface area contributed by atoms with E-state index in [-0.39, 0.29) is 0 Å². The highest BCUT2D eigenvalue weighted by Crippen LogP contribution is 2.36. The van der Waals surface area contributed by atoms with Gasteiger partial charge in [0.15, 0.2) is 10.9 Å². The fourth-order valence-electron chi connectivity index (χ4n) is 2.86. The topological polar surface area (TPSA) is 64.1 Å². The third-order valence-electron chi connectivity index (χ3n) is 3.90. The van der Waals surface area contributed by atoms with Crippen molar-refractivity contribution in [3.05, 3.63) is 18.4 Å². The van der Waals surface area contributed by atoms with E-state index in [1.54, 1.807) is 18.0 Å². The first-order valence-corrected chi connectivity index (χ1v) is 8.87. The van der Waals surface area contributed by atoms with Gasteiger partial charge in [-0.2, -0.15) is 0 Å². The molecule has 120 valence electrons. The van der Waals surface area contributed by atoms with Gasteiger partial charge in [-0.25, -0.2) is 0 Å². The highest BCUT2D eigenvalue weighted by molar-refractivity contribution is 7.99. The second-order valence-corrected chi connectivity index (χ2v) is 7.49. The first-order valence-electron chi connectivity index (χ1n) is 7.88. The minimum absolute atomic E-state index is 0.424. The van der Waals surface area contributed by atoms with Crippen molar-refractivity contribution in [3.8, 4) is 11.6 Å². The summed E-state index contributed by atoms with van der Waals surface area (Å²) in [4.78, 5) is 0. The minimum atomic E-state index is -0.723. The minimum Gasteiger partial charge on any atom is -0.461 e. The lowest BCUT2D eigenvalue weighted by molar-refractivity contribution is 0.107. The Bertz CT molecular complexity index is 595. The van der Waals surface area contributed by atoms with E-state index < -0.39 is 5.60 Å². The second kappa shape index (κ2) is 6.46. The zero-order valence-corrected chi connectivity index (χ0v) is 14.0. The van der Waals surface area contributed by atoms with Crippen LogP contribution < -0.4 is 0 Å². The zero-order valence-electron chi connectivity index (χ0n) is 13.2. The van der Waals surface area contributed by atoms with E-state index >= 15 is 0 Å². The molecule has 0 spiro atoms. The lowest BCUT2D eigenvalue weighted by atomic mass is 9.95. The molecule has 0 aliphatic heterocycles. The van der Waals surface area contributed by atoms with Crippen molar-refractivity contribution < 1.29 is 9.52 Å². The van der Waals surface area contributed by atoms with Crippen LogP contribution in [0.4, 0.5) is 0 Å². The number of aliphatic hydroxyl groups is 1. The highest BCUT2D eigenvalue weighted by Gasteiger charge is 2.26. The van der Waals surface area contributed by atoms with Crippen LogP contribution in [-0.2, 0) is 0 Å². The molecule has 0 unspecified atom stereocenters. The molecule has 1 saturated carbocycles. The molecule has 0 aromatic carbocycles. The van der Waals surface area contributed by atoms with Gasteiger partial charge in [-0.15, -0.1) is 10.2 Å². The molecule has 1 N–H and O–H groups in total. The van der Waals surface area contributed by atoms with Crippen LogP contribution in [0.3, 0.4) is 0 Å². The summed E-state index contributed by atoms with van der Waals surface area (Å²) in [6.45, 7) is 3.63. The Morgan fingerprint density at radius 1 is 1.32 bits per heavy atom. The third kappa shape index (κ3) is 3.55. The Balaban J connectivity index is 1.92. The van der Waals surface area contributed by atoms with Gasteiger partial charge in [0.05, 0.1) is 11.9 Å². The summed E-state index contributed by atoms with van der Waals surface area (Å²) in [5, 5.41) is 19.6. The van der Waals surface area contributed by atoms with Gasteiger partial charge in [0.2, 0.25) is 5.82 Å². The molecule has 1 aliphatic carbocycles. The Labute approximate surface area is 135 Å². The van der Waals surface area contributed by atoms with Crippen LogP contribution in [-0.4, -0.2) is 31.2 Å². The van der Waals surface area contributed by atoms with Gasteiger partial charge < -0.3 is 9.52 Å². The molecule has 2 heterocycles. The van der Waals surface area contributed by atoms with Crippen LogP contribution in [0.2, 0.25) is 0 Å². The normalized spacial score (nSPS) is 17.0. The Hall–Kier alpha value is -1.27. The summed E-state index contributed by atoms with van der Waals surface area (Å²) in [6.07, 6.45) is 7.77. The first-order chi connectivity index (χ1) is 10.5. The van der Waals surface area contributed by atoms with E-state index in [2.05, 4.69) is 14.8 Å². The van der Waals surface area contributed by atoms with Crippen LogP contribution in [0.15, 0.2) is 28.0 Å². The molecule has 6 heteroatoms. The number of furan rings is 1. The molecule has 5 nitrogen and oxygen atoms in total. The summed E-state index contributed by atoms with van der Waals surface area (Å²) in [5.74, 6) is 2.15. The molecule has 0 bridgehead atoms. The maximum absolute atomic E-state index is 9.97. The monoisotopic (exact) mass is 321 g/mol. The third-order valence-corrected chi connectivity index (χ3v) is 5.29. The molecule has 0 atom stereocenters. The number of nitrogens with zero attached hydrogens (tertiary/aromatic N) is 3. The number of thioether (sulfide) groups is 1. The summed E-state index contributed by atoms with van der Waals surface area (Å²) >= 11 is 1.56. The van der Waals surface area contributed by atoms with Gasteiger partial charge in [-0.05, 0) is 38.8 Å².